The molecule has 755 valence electrons. The number of ketones is 3. The summed E-state index contributed by atoms with van der Waals surface area (Å²) >= 11 is 0. The van der Waals surface area contributed by atoms with Crippen LogP contribution in [0.15, 0.2) is 218 Å². The molecule has 15 rings (SSSR count). The van der Waals surface area contributed by atoms with Gasteiger partial charge in [0, 0.05) is 208 Å². The van der Waals surface area contributed by atoms with Crippen LogP contribution >= 0.6 is 0 Å². The van der Waals surface area contributed by atoms with Crippen LogP contribution in [-0.2, 0) is 72.8 Å². The molecule has 16 bridgehead atoms. The Morgan fingerprint density at radius 3 is 1.01 bits per heavy atom. The molecule has 2 aliphatic rings. The zero-order valence-electron chi connectivity index (χ0n) is 85.2. The zero-order valence-corrected chi connectivity index (χ0v) is 92.4. The summed E-state index contributed by atoms with van der Waals surface area (Å²) in [7, 11) is 3.95. The van der Waals surface area contributed by atoms with Crippen LogP contribution in [0.5, 0.6) is 0 Å². The summed E-state index contributed by atoms with van der Waals surface area (Å²) in [6.45, 7) is 29.5. The van der Waals surface area contributed by atoms with Crippen molar-refractivity contribution in [3.63, 3.8) is 0 Å². The van der Waals surface area contributed by atoms with E-state index in [1.54, 1.807) is 39.8 Å². The molecule has 0 fully saturated rings. The van der Waals surface area contributed by atoms with Gasteiger partial charge in [-0.2, -0.15) is 0 Å². The van der Waals surface area contributed by atoms with Gasteiger partial charge >= 0.3 is 105 Å². The number of nitrogens with two attached hydrogens (primary N) is 1. The fraction of sp³-hybridized carbons (Fsp3) is 0.354. The molecule has 14 heterocycles. The number of benzene rings is 1. The number of Topliss-reactive ketones (excluding diaryl/α,β-unsaturated/α-hetero) is 3. The summed E-state index contributed by atoms with van der Waals surface area (Å²) in [5, 5.41) is 43.0. The van der Waals surface area contributed by atoms with Crippen molar-refractivity contribution in [2.45, 2.75) is 167 Å². The number of carbonyl (C=O) groups is 7. The number of carbonyl (C=O) groups excluding carboxylic acids is 6. The molecular weight excluding hydrogens is 2240 g/mol. The first-order chi connectivity index (χ1) is 67.9. The predicted octanol–water partition coefficient (Wildman–Crippen LogP) is 14.2. The van der Waals surface area contributed by atoms with E-state index in [2.05, 4.69) is 52.5 Å². The summed E-state index contributed by atoms with van der Waals surface area (Å²) < 4.78 is 0. The van der Waals surface area contributed by atoms with Crippen molar-refractivity contribution in [3.05, 3.63) is 320 Å². The molecule has 29 nitrogen and oxygen atoms in total. The Kier molecular flexibility index (Phi) is 50.1. The van der Waals surface area contributed by atoms with E-state index in [-0.39, 0.29) is 221 Å². The second kappa shape index (κ2) is 60.2. The minimum atomic E-state index is -1.25. The van der Waals surface area contributed by atoms with Gasteiger partial charge in [0.15, 0.2) is 17.3 Å². The Bertz CT molecular complexity index is 6360. The van der Waals surface area contributed by atoms with Gasteiger partial charge in [0.25, 0.3) is 0 Å². The van der Waals surface area contributed by atoms with Crippen molar-refractivity contribution < 1.29 is 202 Å². The van der Waals surface area contributed by atoms with E-state index in [1.807, 2.05) is 269 Å². The van der Waals surface area contributed by atoms with Crippen molar-refractivity contribution in [3.8, 4) is 68.3 Å². The summed E-state index contributed by atoms with van der Waals surface area (Å²) in [4.78, 5) is 151. The van der Waals surface area contributed by atoms with Crippen LogP contribution in [0.1, 0.15) is 202 Å². The van der Waals surface area contributed by atoms with E-state index < -0.39 is 23.9 Å². The van der Waals surface area contributed by atoms with Gasteiger partial charge in [-0.05, 0) is 261 Å². The molecule has 2 aliphatic heterocycles. The van der Waals surface area contributed by atoms with Crippen LogP contribution in [0.4, 0.5) is 0 Å². The minimum Gasteiger partial charge on any atom is -0.549 e. The number of fused-ring (bicyclic) bond motifs is 20. The Balaban J connectivity index is 0.000000233. The van der Waals surface area contributed by atoms with Crippen molar-refractivity contribution in [1.29, 1.82) is 0 Å². The molecule has 1 aromatic carbocycles. The molecule has 13 aromatic rings. The number of rotatable bonds is 27. The molecule has 0 amide bonds. The fourth-order valence-corrected chi connectivity index (χ4v) is 16.5. The SMILES string of the molecule is CC(C)C(=O)c1cc2nc(c1)-c1cc(C(=O)CCCN)cc(n1)CN(C)Cc1cccc(n1)-c1cccc(n1)C[C@@H](C)C2.CC(C)C(=O)c1cc2nc(c1)-c1cc(C(=O)O)cc(n1)CN(C)Cc1cccc(n1)-c1cccc(n1)C[C@@H](C)C2.CCN(CCN(CCN(CC(=O)[O-])Cc1ccc(C(C)C)cc1)CC(=O)[O-])CC(=O)[O-].Cc1cccc(-c2cccc(C)n2)n1.Cc1cccc(-c2cccc(C)n2)n1.[Eu+3].[Eu+3].[Eu]. The number of aromatic nitrogens is 12. The Hall–Kier alpha value is -9.58. The van der Waals surface area contributed by atoms with Gasteiger partial charge in [-0.1, -0.05) is 135 Å². The standard InChI is InChI=1S/C35H40N6O2.C32H33N5O3.C22H35N3O6.2C12H12N2.3Eu/c1-22(2)35(43)25-17-28-15-23(3)14-26-8-5-10-30(37-26)31-11-6-9-27(38-31)20-41(4)21-29-16-24(34(42)12-7-13-36)18-32(40-29)33(19-25)39-28;1-19(2)31(38)21-13-25-12-20(3)11-23-7-5-9-27(33-23)28-10-6-8-24(34-28)17-37(4)18-26-14-22(32(39)40)16-30(36-26)29(15-21)35-25;1-4-23(14-20(26)27)9-10-24(15-21(28)29)11-12-25(16-22(30)31)13-18-5-7-19(8-6-18)17(2)3;2*1-9-5-3-7-11(13-9)12-8-4-6-10(2)14-12;;;/h5-6,8-11,16-19,22-23H,7,12-15,20-21,36H2,1-4H3;5-10,13-16,19-20H,11-12,17-18H2,1-4H3,(H,39,40);5-8,17H,4,9-16H2,1-3H3,(H,26,27)(H,28,29)(H,30,31);2*3-8H,1-2H3;;;/q;;;;;;2*+3/p-3/t23-;20-;;;;;;/m11....../s1. The van der Waals surface area contributed by atoms with Gasteiger partial charge in [-0.15, -0.1) is 0 Å². The molecule has 32 heteroatoms. The third-order valence-electron chi connectivity index (χ3n) is 23.6. The molecule has 0 saturated carbocycles. The maximum atomic E-state index is 13.2. The molecule has 2 atom stereocenters. The van der Waals surface area contributed by atoms with Crippen LogP contribution in [0.2, 0.25) is 0 Å². The number of aliphatic carboxylic acids is 3. The van der Waals surface area contributed by atoms with Crippen LogP contribution in [0.25, 0.3) is 68.3 Å². The molecule has 3 N–H and O–H groups in total. The van der Waals surface area contributed by atoms with E-state index >= 15 is 0 Å². The monoisotopic (exact) mass is 2370 g/mol. The van der Waals surface area contributed by atoms with Gasteiger partial charge in [0.1, 0.15) is 0 Å². The molecule has 0 saturated heterocycles. The molecule has 0 unspecified atom stereocenters. The number of carboxylic acid groups (broad SMARTS) is 4. The molecular formula is C113H129Eu3N18O11+3. The maximum absolute atomic E-state index is 13.2. The number of hydrogen-bond acceptors (Lipinski definition) is 28. The topological polar surface area (TPSA) is 406 Å². The summed E-state index contributed by atoms with van der Waals surface area (Å²) in [5.41, 5.74) is 29.7. The third kappa shape index (κ3) is 39.5. The summed E-state index contributed by atoms with van der Waals surface area (Å²) in [5.74, 6) is -4.17. The Morgan fingerprint density at radius 2 is 0.662 bits per heavy atom. The normalized spacial score (nSPS) is 13.4. The third-order valence-corrected chi connectivity index (χ3v) is 23.6. The van der Waals surface area contributed by atoms with Gasteiger partial charge in [0.2, 0.25) is 0 Å². The number of carboxylic acids is 4. The van der Waals surface area contributed by atoms with Gasteiger partial charge in [-0.25, -0.2) is 24.7 Å². The number of pyridine rings is 12. The van der Waals surface area contributed by atoms with E-state index in [1.165, 1.54) is 11.6 Å². The first-order valence-electron chi connectivity index (χ1n) is 48.4. The minimum absolute atomic E-state index is 0. The van der Waals surface area contributed by atoms with Crippen molar-refractivity contribution in [2.75, 3.05) is 73.0 Å². The van der Waals surface area contributed by atoms with E-state index in [4.69, 9.17) is 45.6 Å². The molecule has 1 radical (unpaired) electrons. The van der Waals surface area contributed by atoms with E-state index in [9.17, 15) is 54.0 Å². The fourth-order valence-electron chi connectivity index (χ4n) is 16.5. The second-order valence-electron chi connectivity index (χ2n) is 37.5. The van der Waals surface area contributed by atoms with Gasteiger partial charge in [0.05, 0.1) is 115 Å². The van der Waals surface area contributed by atoms with Crippen molar-refractivity contribution in [1.82, 2.24) is 84.3 Å². The van der Waals surface area contributed by atoms with E-state index in [0.717, 1.165) is 127 Å². The predicted molar refractivity (Wildman–Crippen MR) is 545 cm³/mol. The van der Waals surface area contributed by atoms with Crippen LogP contribution in [0, 0.1) is 199 Å². The van der Waals surface area contributed by atoms with Crippen molar-refractivity contribution in [2.24, 2.45) is 29.4 Å². The van der Waals surface area contributed by atoms with Crippen LogP contribution < -0.4 is 21.1 Å². The molecule has 12 aromatic heterocycles. The second-order valence-corrected chi connectivity index (χ2v) is 37.5. The van der Waals surface area contributed by atoms with Crippen molar-refractivity contribution >= 4 is 41.2 Å². The number of nitrogens with zero attached hydrogens (tertiary/aromatic N) is 17. The molecule has 0 spiro atoms. The average molecular weight is 2370 g/mol. The largest absolute Gasteiger partial charge is 3.00 e. The number of hydrogen-bond donors (Lipinski definition) is 2. The first-order valence-corrected chi connectivity index (χ1v) is 48.4. The molecule has 145 heavy (non-hydrogen) atoms. The zero-order chi connectivity index (χ0) is 102. The smallest absolute Gasteiger partial charge is 0.549 e. The number of aryl methyl sites for hydroxylation is 4. The average Bonchev–Trinajstić information content (AvgIpc) is 0.796. The Morgan fingerprint density at radius 1 is 0.372 bits per heavy atom. The number of aromatic carboxylic acids is 1. The first kappa shape index (κ1) is 121. The van der Waals surface area contributed by atoms with Crippen LogP contribution in [0.3, 0.4) is 0 Å². The molecule has 0 aliphatic carbocycles. The summed E-state index contributed by atoms with van der Waals surface area (Å²) in [6, 6.07) is 69.9. The number of likely N-dealkylation sites (N-methyl/N-ethyl adjacent to an activating group) is 1. The van der Waals surface area contributed by atoms with Gasteiger partial charge < -0.3 is 40.5 Å². The maximum Gasteiger partial charge on any atom is 3.00 e. The van der Waals surface area contributed by atoms with Gasteiger partial charge in [-0.3, -0.25) is 78.8 Å². The quantitative estimate of drug-likeness (QED) is 0.0451. The Labute approximate surface area is 973 Å². The van der Waals surface area contributed by atoms with E-state index in [0.29, 0.717) is 142 Å². The van der Waals surface area contributed by atoms with Crippen LogP contribution in [-0.4, -0.2) is 204 Å². The summed E-state index contributed by atoms with van der Waals surface area (Å²) in [6.07, 6.45) is 3.75.